The summed E-state index contributed by atoms with van der Waals surface area (Å²) in [6, 6.07) is 16.6. The van der Waals surface area contributed by atoms with Crippen LogP contribution in [0.25, 0.3) is 22.2 Å². The molecule has 6 nitrogen and oxygen atoms in total. The zero-order valence-electron chi connectivity index (χ0n) is 22.7. The Balaban J connectivity index is 1.65. The zero-order valence-corrected chi connectivity index (χ0v) is 23.6. The molecule has 7 heteroatoms. The molecule has 1 aromatic heterocycles. The molecule has 2 heterocycles. The molecule has 2 aromatic carbocycles. The van der Waals surface area contributed by atoms with Crippen LogP contribution >= 0.6 is 11.9 Å². The van der Waals surface area contributed by atoms with Crippen LogP contribution in [0.1, 0.15) is 66.8 Å². The van der Waals surface area contributed by atoms with Crippen molar-refractivity contribution in [3.8, 4) is 11.3 Å². The summed E-state index contributed by atoms with van der Waals surface area (Å²) in [5.74, 6) is 1.37. The van der Waals surface area contributed by atoms with E-state index in [2.05, 4.69) is 51.6 Å². The van der Waals surface area contributed by atoms with Crippen LogP contribution < -0.4 is 4.72 Å². The minimum atomic E-state index is -0.0741. The van der Waals surface area contributed by atoms with E-state index in [1.54, 1.807) is 0 Å². The maximum Gasteiger partial charge on any atom is 0.261 e. The van der Waals surface area contributed by atoms with E-state index in [1.165, 1.54) is 42.2 Å². The van der Waals surface area contributed by atoms with Gasteiger partial charge < -0.3 is 14.4 Å². The van der Waals surface area contributed by atoms with Gasteiger partial charge in [0.05, 0.1) is 11.2 Å². The van der Waals surface area contributed by atoms with Crippen LogP contribution in [0, 0.1) is 0 Å². The quantitative estimate of drug-likeness (QED) is 0.417. The molecule has 2 bridgehead atoms. The van der Waals surface area contributed by atoms with Crippen LogP contribution in [0.4, 0.5) is 0 Å². The molecule has 0 saturated heterocycles. The minimum absolute atomic E-state index is 0.0741. The number of rotatable bonds is 2. The highest BCUT2D eigenvalue weighted by Crippen LogP contribution is 2.44. The number of carbonyl (C=O) groups is 2. The number of aromatic nitrogens is 1. The fourth-order valence-corrected chi connectivity index (χ4v) is 6.64. The van der Waals surface area contributed by atoms with Gasteiger partial charge in [-0.25, -0.2) is 0 Å². The number of benzene rings is 2. The second-order valence-corrected chi connectivity index (χ2v) is 11.8. The molecule has 0 radical (unpaired) electrons. The van der Waals surface area contributed by atoms with Crippen LogP contribution in [0.5, 0.6) is 0 Å². The molecule has 38 heavy (non-hydrogen) atoms. The Kier molecular flexibility index (Phi) is 8.75. The second kappa shape index (κ2) is 12.4. The number of hydrogen-bond acceptors (Lipinski definition) is 4. The first-order valence-electron chi connectivity index (χ1n) is 14.1. The predicted octanol–water partition coefficient (Wildman–Crippen LogP) is 5.92. The van der Waals surface area contributed by atoms with Crippen molar-refractivity contribution < 1.29 is 9.59 Å². The molecule has 1 fully saturated rings. The van der Waals surface area contributed by atoms with Gasteiger partial charge in [-0.15, -0.1) is 0 Å². The molecule has 1 aliphatic carbocycles. The third-order valence-corrected chi connectivity index (χ3v) is 8.99. The van der Waals surface area contributed by atoms with Gasteiger partial charge in [0.15, 0.2) is 0 Å². The van der Waals surface area contributed by atoms with Crippen molar-refractivity contribution in [2.45, 2.75) is 57.4 Å². The van der Waals surface area contributed by atoms with Crippen molar-refractivity contribution in [1.29, 1.82) is 0 Å². The smallest absolute Gasteiger partial charge is 0.261 e. The molecule has 0 atom stereocenters. The largest absolute Gasteiger partial charge is 0.343 e. The SMILES string of the molecule is CN1CCCCSNC(=O)c2ccc3c(C4CCCCC4)c(-c4ccccc4)n(c3c2)CC(=O)N(C)CC1. The third-order valence-electron chi connectivity index (χ3n) is 8.16. The Hall–Kier alpha value is -2.77. The average molecular weight is 533 g/mol. The van der Waals surface area contributed by atoms with Gasteiger partial charge >= 0.3 is 0 Å². The summed E-state index contributed by atoms with van der Waals surface area (Å²) in [6.07, 6.45) is 8.19. The molecule has 2 amide bonds. The Morgan fingerprint density at radius 3 is 2.42 bits per heavy atom. The van der Waals surface area contributed by atoms with Gasteiger partial charge in [0.1, 0.15) is 6.54 Å². The Bertz CT molecular complexity index is 1270. The first-order valence-corrected chi connectivity index (χ1v) is 15.1. The first-order chi connectivity index (χ1) is 18.5. The van der Waals surface area contributed by atoms with E-state index >= 15 is 0 Å². The van der Waals surface area contributed by atoms with Gasteiger partial charge in [0.2, 0.25) is 5.91 Å². The molecule has 0 spiro atoms. The van der Waals surface area contributed by atoms with Crippen LogP contribution in [-0.2, 0) is 11.3 Å². The number of nitrogens with one attached hydrogen (secondary N) is 1. The highest BCUT2D eigenvalue weighted by Gasteiger charge is 2.28. The van der Waals surface area contributed by atoms with Gasteiger partial charge in [-0.05, 0) is 68.5 Å². The number of nitrogens with zero attached hydrogens (tertiary/aromatic N) is 3. The van der Waals surface area contributed by atoms with Crippen molar-refractivity contribution in [1.82, 2.24) is 19.1 Å². The molecule has 202 valence electrons. The number of amides is 2. The maximum atomic E-state index is 13.6. The van der Waals surface area contributed by atoms with Gasteiger partial charge in [-0.2, -0.15) is 0 Å². The van der Waals surface area contributed by atoms with E-state index in [1.807, 2.05) is 30.1 Å². The molecule has 2 aliphatic rings. The lowest BCUT2D eigenvalue weighted by Gasteiger charge is -2.25. The summed E-state index contributed by atoms with van der Waals surface area (Å²) in [4.78, 5) is 30.9. The van der Waals surface area contributed by atoms with E-state index in [0.717, 1.165) is 61.3 Å². The monoisotopic (exact) mass is 532 g/mol. The number of hydrogen-bond donors (Lipinski definition) is 1. The van der Waals surface area contributed by atoms with Crippen molar-refractivity contribution in [3.63, 3.8) is 0 Å². The highest BCUT2D eigenvalue weighted by molar-refractivity contribution is 7.97. The second-order valence-electron chi connectivity index (χ2n) is 10.9. The fourth-order valence-electron chi connectivity index (χ4n) is 5.94. The van der Waals surface area contributed by atoms with Crippen LogP contribution in [0.15, 0.2) is 48.5 Å². The lowest BCUT2D eigenvalue weighted by Crippen LogP contribution is -2.37. The van der Waals surface area contributed by atoms with Crippen molar-refractivity contribution in [3.05, 3.63) is 59.7 Å². The van der Waals surface area contributed by atoms with E-state index in [-0.39, 0.29) is 18.4 Å². The van der Waals surface area contributed by atoms with Gasteiger partial charge in [0.25, 0.3) is 5.91 Å². The summed E-state index contributed by atoms with van der Waals surface area (Å²) >= 11 is 1.49. The number of likely N-dealkylation sites (N-methyl/N-ethyl adjacent to an activating group) is 2. The van der Waals surface area contributed by atoms with Crippen LogP contribution in [0.3, 0.4) is 0 Å². The molecule has 5 rings (SSSR count). The minimum Gasteiger partial charge on any atom is -0.343 e. The molecule has 0 unspecified atom stereocenters. The summed E-state index contributed by atoms with van der Waals surface area (Å²) in [5, 5.41) is 1.17. The fraction of sp³-hybridized carbons (Fsp3) is 0.484. The molecule has 3 aromatic rings. The molecule has 1 aliphatic heterocycles. The van der Waals surface area contributed by atoms with Gasteiger partial charge in [0, 0.05) is 36.8 Å². The molecule has 1 N–H and O–H groups in total. The number of carbonyl (C=O) groups excluding carboxylic acids is 2. The molecule has 1 saturated carbocycles. The Morgan fingerprint density at radius 2 is 1.63 bits per heavy atom. The van der Waals surface area contributed by atoms with Crippen LogP contribution in [-0.4, -0.2) is 65.7 Å². The Morgan fingerprint density at radius 1 is 0.842 bits per heavy atom. The molecular formula is C31H40N4O2S. The molecular weight excluding hydrogens is 492 g/mol. The van der Waals surface area contributed by atoms with Gasteiger partial charge in [-0.3, -0.25) is 14.3 Å². The van der Waals surface area contributed by atoms with Crippen molar-refractivity contribution >= 4 is 34.7 Å². The summed E-state index contributed by atoms with van der Waals surface area (Å²) < 4.78 is 5.24. The van der Waals surface area contributed by atoms with E-state index in [0.29, 0.717) is 18.0 Å². The highest BCUT2D eigenvalue weighted by atomic mass is 32.2. The first kappa shape index (κ1) is 26.8. The van der Waals surface area contributed by atoms with Gasteiger partial charge in [-0.1, -0.05) is 67.6 Å². The topological polar surface area (TPSA) is 57.6 Å². The summed E-state index contributed by atoms with van der Waals surface area (Å²) in [6.45, 7) is 2.79. The van der Waals surface area contributed by atoms with E-state index in [4.69, 9.17) is 0 Å². The third kappa shape index (κ3) is 5.94. The van der Waals surface area contributed by atoms with Crippen molar-refractivity contribution in [2.24, 2.45) is 0 Å². The number of fused-ring (bicyclic) bond motifs is 1. The lowest BCUT2D eigenvalue weighted by atomic mass is 9.82. The lowest BCUT2D eigenvalue weighted by molar-refractivity contribution is -0.130. The van der Waals surface area contributed by atoms with E-state index in [9.17, 15) is 9.59 Å². The maximum absolute atomic E-state index is 13.6. The summed E-state index contributed by atoms with van der Waals surface area (Å²) in [5.41, 5.74) is 5.23. The van der Waals surface area contributed by atoms with E-state index < -0.39 is 0 Å². The summed E-state index contributed by atoms with van der Waals surface area (Å²) in [7, 11) is 4.03. The predicted molar refractivity (Wildman–Crippen MR) is 157 cm³/mol. The normalized spacial score (nSPS) is 19.6. The Labute approximate surface area is 230 Å². The van der Waals surface area contributed by atoms with Crippen molar-refractivity contribution in [2.75, 3.05) is 39.5 Å². The van der Waals surface area contributed by atoms with Crippen LogP contribution in [0.2, 0.25) is 0 Å². The zero-order chi connectivity index (χ0) is 26.5. The average Bonchev–Trinajstić information content (AvgIpc) is 3.27. The standard InChI is InChI=1S/C31H40N4O2S/c1-33-17-9-10-20-38-32-31(37)25-15-16-26-27(21-25)35(22-28(36)34(2)19-18-33)30(24-13-7-4-8-14-24)29(26)23-11-5-3-6-12-23/h4,7-8,13-16,21,23H,3,5-6,9-12,17-20,22H2,1-2H3,(H,32,37).